The first-order valence-electron chi connectivity index (χ1n) is 17.5. The van der Waals surface area contributed by atoms with Gasteiger partial charge in [0.15, 0.2) is 0 Å². The number of ether oxygens (including phenoxy) is 1. The fourth-order valence-electron chi connectivity index (χ4n) is 5.77. The molecule has 3 rings (SSSR count). The van der Waals surface area contributed by atoms with E-state index in [-0.39, 0.29) is 30.6 Å². The normalized spacial score (nSPS) is 16.3. The van der Waals surface area contributed by atoms with Gasteiger partial charge in [-0.2, -0.15) is 0 Å². The molecule has 1 fully saturated rings. The van der Waals surface area contributed by atoms with Gasteiger partial charge in [0.05, 0.1) is 6.42 Å². The maximum atomic E-state index is 14.0. The van der Waals surface area contributed by atoms with Crippen molar-refractivity contribution in [2.45, 2.75) is 109 Å². The summed E-state index contributed by atoms with van der Waals surface area (Å²) in [4.78, 5) is 92.9. The molecule has 0 unspecified atom stereocenters. The summed E-state index contributed by atoms with van der Waals surface area (Å²) in [5.74, 6) is -4.38. The number of nitrogens with two attached hydrogens (primary N) is 1. The van der Waals surface area contributed by atoms with Gasteiger partial charge in [0.2, 0.25) is 35.4 Å². The van der Waals surface area contributed by atoms with Crippen molar-refractivity contribution in [1.29, 1.82) is 0 Å². The molecule has 14 nitrogen and oxygen atoms in total. The number of benzene rings is 2. The maximum Gasteiger partial charge on any atom is 0.308 e. The van der Waals surface area contributed by atoms with Crippen LogP contribution < -0.4 is 27.0 Å². The summed E-state index contributed by atoms with van der Waals surface area (Å²) < 4.78 is 5.30. The minimum Gasteiger partial charge on any atom is -0.460 e. The highest BCUT2D eigenvalue weighted by atomic mass is 16.6. The number of carbonyl (C=O) groups excluding carboxylic acids is 7. The Kier molecular flexibility index (Phi) is 14.9. The van der Waals surface area contributed by atoms with Gasteiger partial charge in [0.1, 0.15) is 35.8 Å². The number of likely N-dealkylation sites (tertiary alicyclic amines) is 1. The van der Waals surface area contributed by atoms with E-state index in [0.717, 1.165) is 5.56 Å². The van der Waals surface area contributed by atoms with Crippen LogP contribution >= 0.6 is 0 Å². The average molecular weight is 721 g/mol. The van der Waals surface area contributed by atoms with Crippen LogP contribution in [0, 0.1) is 5.92 Å². The van der Waals surface area contributed by atoms with Crippen LogP contribution in [-0.2, 0) is 51.1 Å². The first kappa shape index (κ1) is 41.2. The minimum absolute atomic E-state index is 0.00757. The molecule has 1 saturated heterocycles. The third kappa shape index (κ3) is 13.1. The Balaban J connectivity index is 1.85. The molecule has 6 amide bonds. The zero-order chi connectivity index (χ0) is 38.6. The molecule has 14 heteroatoms. The second-order valence-electron chi connectivity index (χ2n) is 14.5. The Labute approximate surface area is 305 Å². The second-order valence-corrected chi connectivity index (χ2v) is 14.5. The lowest BCUT2D eigenvalue weighted by atomic mass is 9.96. The van der Waals surface area contributed by atoms with Crippen molar-refractivity contribution in [1.82, 2.24) is 26.2 Å². The summed E-state index contributed by atoms with van der Waals surface area (Å²) >= 11 is 0. The lowest BCUT2D eigenvalue weighted by Crippen LogP contribution is -2.64. The van der Waals surface area contributed by atoms with E-state index < -0.39 is 71.8 Å². The molecule has 0 radical (unpaired) electrons. The number of carbonyl (C=O) groups is 7. The first-order chi connectivity index (χ1) is 24.4. The van der Waals surface area contributed by atoms with Crippen molar-refractivity contribution >= 4 is 41.4 Å². The van der Waals surface area contributed by atoms with Gasteiger partial charge < -0.3 is 36.6 Å². The Morgan fingerprint density at radius 3 is 1.69 bits per heavy atom. The number of hydrogen-bond acceptors (Lipinski definition) is 8. The quantitative estimate of drug-likeness (QED) is 0.150. The SMILES string of the molecule is CC(=O)N[C@@H](CC(C)C)C(=O)N1CC[C@H]1C(=O)N[C@@H](Cc1ccccc1)C(=O)N[C@@H](Cc1ccccc1)C(=O)N[C@@H](CC(=O)OC(C)(C)C)C(N)=O. The van der Waals surface area contributed by atoms with Gasteiger partial charge in [0.25, 0.3) is 0 Å². The van der Waals surface area contributed by atoms with E-state index in [1.807, 2.05) is 19.9 Å². The van der Waals surface area contributed by atoms with Crippen LogP contribution in [0.25, 0.3) is 0 Å². The fourth-order valence-corrected chi connectivity index (χ4v) is 5.77. The summed E-state index contributed by atoms with van der Waals surface area (Å²) in [7, 11) is 0. The van der Waals surface area contributed by atoms with Crippen molar-refractivity contribution < 1.29 is 38.3 Å². The zero-order valence-corrected chi connectivity index (χ0v) is 30.8. The Hall–Kier alpha value is -5.27. The van der Waals surface area contributed by atoms with E-state index in [0.29, 0.717) is 24.9 Å². The van der Waals surface area contributed by atoms with Crippen molar-refractivity contribution in [2.75, 3.05) is 6.54 Å². The standard InChI is InChI=1S/C38H52N6O8/c1-23(2)19-30(40-24(3)45)37(51)44-18-17-31(44)36(50)43-29(21-26-15-11-8-12-16-26)35(49)42-28(20-25-13-9-7-10-14-25)34(48)41-27(33(39)47)22-32(46)52-38(4,5)6/h7-16,23,27-31H,17-22H2,1-6H3,(H2,39,47)(H,40,45)(H,41,48)(H,42,49)(H,43,50)/t27-,28-,29-,30-,31-/m0/s1. The van der Waals surface area contributed by atoms with E-state index in [1.165, 1.54) is 11.8 Å². The number of primary amides is 1. The van der Waals surface area contributed by atoms with E-state index >= 15 is 0 Å². The van der Waals surface area contributed by atoms with Crippen LogP contribution in [0.15, 0.2) is 60.7 Å². The zero-order valence-electron chi connectivity index (χ0n) is 30.8. The van der Waals surface area contributed by atoms with E-state index in [4.69, 9.17) is 10.5 Å². The van der Waals surface area contributed by atoms with Crippen molar-refractivity contribution in [2.24, 2.45) is 11.7 Å². The molecular weight excluding hydrogens is 668 g/mol. The summed E-state index contributed by atoms with van der Waals surface area (Å²) in [5, 5.41) is 10.7. The summed E-state index contributed by atoms with van der Waals surface area (Å²) in [6.07, 6.45) is 0.295. The van der Waals surface area contributed by atoms with Gasteiger partial charge in [-0.3, -0.25) is 33.6 Å². The lowest BCUT2D eigenvalue weighted by molar-refractivity contribution is -0.156. The topological polar surface area (TPSA) is 206 Å². The highest BCUT2D eigenvalue weighted by Gasteiger charge is 2.42. The predicted molar refractivity (Wildman–Crippen MR) is 193 cm³/mol. The minimum atomic E-state index is -1.42. The summed E-state index contributed by atoms with van der Waals surface area (Å²) in [5.41, 5.74) is 6.12. The molecule has 1 heterocycles. The number of nitrogens with zero attached hydrogens (tertiary/aromatic N) is 1. The number of esters is 1. The van der Waals surface area contributed by atoms with E-state index in [9.17, 15) is 33.6 Å². The van der Waals surface area contributed by atoms with Gasteiger partial charge in [-0.15, -0.1) is 0 Å². The molecule has 6 N–H and O–H groups in total. The van der Waals surface area contributed by atoms with Crippen molar-refractivity contribution in [3.8, 4) is 0 Å². The second kappa shape index (κ2) is 18.8. The molecule has 0 aliphatic carbocycles. The third-order valence-electron chi connectivity index (χ3n) is 8.27. The largest absolute Gasteiger partial charge is 0.460 e. The smallest absolute Gasteiger partial charge is 0.308 e. The van der Waals surface area contributed by atoms with Crippen molar-refractivity contribution in [3.63, 3.8) is 0 Å². The van der Waals surface area contributed by atoms with E-state index in [2.05, 4.69) is 21.3 Å². The highest BCUT2D eigenvalue weighted by Crippen LogP contribution is 2.21. The van der Waals surface area contributed by atoms with Gasteiger partial charge in [-0.25, -0.2) is 0 Å². The molecule has 0 saturated carbocycles. The van der Waals surface area contributed by atoms with Gasteiger partial charge >= 0.3 is 5.97 Å². The fraction of sp³-hybridized carbons (Fsp3) is 0.500. The molecular formula is C38H52N6O8. The third-order valence-corrected chi connectivity index (χ3v) is 8.27. The molecule has 1 aliphatic heterocycles. The molecule has 0 spiro atoms. The highest BCUT2D eigenvalue weighted by molar-refractivity contribution is 5.97. The predicted octanol–water partition coefficient (Wildman–Crippen LogP) is 1.30. The van der Waals surface area contributed by atoms with Gasteiger partial charge in [-0.05, 0) is 50.7 Å². The molecule has 5 atom stereocenters. The summed E-state index contributed by atoms with van der Waals surface area (Å²) in [6.45, 7) is 10.5. The monoisotopic (exact) mass is 720 g/mol. The Morgan fingerprint density at radius 2 is 1.27 bits per heavy atom. The van der Waals surface area contributed by atoms with Gasteiger partial charge in [0, 0.05) is 26.3 Å². The molecule has 1 aliphatic rings. The van der Waals surface area contributed by atoms with E-state index in [1.54, 1.807) is 75.4 Å². The molecule has 2 aromatic rings. The van der Waals surface area contributed by atoms with Crippen LogP contribution in [0.5, 0.6) is 0 Å². The number of hydrogen-bond donors (Lipinski definition) is 5. The number of nitrogens with one attached hydrogen (secondary N) is 4. The van der Waals surface area contributed by atoms with Gasteiger partial charge in [-0.1, -0.05) is 74.5 Å². The molecule has 0 bridgehead atoms. The Bertz CT molecular complexity index is 1580. The molecule has 2 aromatic carbocycles. The number of amides is 6. The maximum absolute atomic E-state index is 14.0. The van der Waals surface area contributed by atoms with Crippen LogP contribution in [0.4, 0.5) is 0 Å². The average Bonchev–Trinajstić information content (AvgIpc) is 3.02. The van der Waals surface area contributed by atoms with Crippen LogP contribution in [-0.4, -0.2) is 88.7 Å². The molecule has 52 heavy (non-hydrogen) atoms. The van der Waals surface area contributed by atoms with Crippen molar-refractivity contribution in [3.05, 3.63) is 71.8 Å². The molecule has 282 valence electrons. The first-order valence-corrected chi connectivity index (χ1v) is 17.5. The van der Waals surface area contributed by atoms with Crippen LogP contribution in [0.2, 0.25) is 0 Å². The van der Waals surface area contributed by atoms with Crippen LogP contribution in [0.3, 0.4) is 0 Å². The lowest BCUT2D eigenvalue weighted by Gasteiger charge is -2.42. The Morgan fingerprint density at radius 1 is 0.769 bits per heavy atom. The molecule has 0 aromatic heterocycles. The summed E-state index contributed by atoms with van der Waals surface area (Å²) in [6, 6.07) is 12.3. The van der Waals surface area contributed by atoms with Crippen LogP contribution in [0.1, 0.15) is 71.9 Å². The number of rotatable bonds is 17.